The molecular weight excluding hydrogens is 268 g/mol. The van der Waals surface area contributed by atoms with E-state index in [1.165, 1.54) is 7.11 Å². The first-order valence-corrected chi connectivity index (χ1v) is 7.00. The third kappa shape index (κ3) is 5.15. The molecule has 0 bridgehead atoms. The van der Waals surface area contributed by atoms with Crippen molar-refractivity contribution in [3.05, 3.63) is 40.4 Å². The van der Waals surface area contributed by atoms with Gasteiger partial charge in [-0.25, -0.2) is 0 Å². The van der Waals surface area contributed by atoms with Crippen LogP contribution < -0.4 is 0 Å². The van der Waals surface area contributed by atoms with Gasteiger partial charge in [-0.05, 0) is 31.5 Å². The molecule has 98 valence electrons. The maximum atomic E-state index is 11.0. The van der Waals surface area contributed by atoms with E-state index in [1.54, 1.807) is 11.8 Å². The Balaban J connectivity index is 2.51. The average Bonchev–Trinajstić information content (AvgIpc) is 2.34. The van der Waals surface area contributed by atoms with Gasteiger partial charge in [-0.2, -0.15) is 0 Å². The number of hydrogen-bond donors (Lipinski definition) is 0. The van der Waals surface area contributed by atoms with E-state index in [0.717, 1.165) is 26.8 Å². The lowest BCUT2D eigenvalue weighted by Crippen LogP contribution is -1.98. The molecule has 0 N–H and O–H groups in total. The lowest BCUT2D eigenvalue weighted by atomic mass is 10.2. The molecule has 0 spiro atoms. The predicted molar refractivity (Wildman–Crippen MR) is 77.3 cm³/mol. The summed E-state index contributed by atoms with van der Waals surface area (Å²) in [5.41, 5.74) is 2.30. The monoisotopic (exact) mass is 284 g/mol. The smallest absolute Gasteiger partial charge is 0.309 e. The van der Waals surface area contributed by atoms with Crippen LogP contribution in [0.1, 0.15) is 18.9 Å². The van der Waals surface area contributed by atoms with Gasteiger partial charge in [0.25, 0.3) is 0 Å². The summed E-state index contributed by atoms with van der Waals surface area (Å²) >= 11 is 7.82. The van der Waals surface area contributed by atoms with E-state index >= 15 is 0 Å². The molecule has 0 aliphatic carbocycles. The van der Waals surface area contributed by atoms with Crippen molar-refractivity contribution >= 4 is 29.3 Å². The molecule has 0 atom stereocenters. The molecule has 2 nitrogen and oxygen atoms in total. The van der Waals surface area contributed by atoms with E-state index < -0.39 is 0 Å². The number of aryl methyl sites for hydroxylation is 1. The van der Waals surface area contributed by atoms with Crippen molar-refractivity contribution in [2.75, 3.05) is 12.9 Å². The van der Waals surface area contributed by atoms with Gasteiger partial charge in [0.1, 0.15) is 0 Å². The highest BCUT2D eigenvalue weighted by Crippen LogP contribution is 2.29. The lowest BCUT2D eigenvalue weighted by Gasteiger charge is -2.05. The number of esters is 1. The van der Waals surface area contributed by atoms with Crippen LogP contribution >= 0.6 is 23.4 Å². The highest BCUT2D eigenvalue weighted by Gasteiger charge is 2.02. The summed E-state index contributed by atoms with van der Waals surface area (Å²) in [6.45, 7) is 4.01. The van der Waals surface area contributed by atoms with Crippen molar-refractivity contribution in [2.45, 2.75) is 25.2 Å². The first kappa shape index (κ1) is 15.1. The van der Waals surface area contributed by atoms with Crippen LogP contribution in [0.4, 0.5) is 0 Å². The molecule has 0 saturated heterocycles. The Labute approximate surface area is 117 Å². The summed E-state index contributed by atoms with van der Waals surface area (Å²) in [5, 5.41) is 0.778. The Morgan fingerprint density at radius 3 is 2.83 bits per heavy atom. The van der Waals surface area contributed by atoms with Gasteiger partial charge in [0, 0.05) is 10.6 Å². The van der Waals surface area contributed by atoms with Gasteiger partial charge in [-0.1, -0.05) is 29.3 Å². The van der Waals surface area contributed by atoms with Crippen LogP contribution in [0, 0.1) is 6.92 Å². The largest absolute Gasteiger partial charge is 0.469 e. The Bertz CT molecular complexity index is 455. The molecular formula is C14H17ClO2S. The Hall–Kier alpha value is -0.930. The number of ether oxygens (including phenoxy) is 1. The van der Waals surface area contributed by atoms with E-state index in [9.17, 15) is 4.79 Å². The molecule has 1 rings (SSSR count). The van der Waals surface area contributed by atoms with Crippen molar-refractivity contribution in [1.82, 2.24) is 0 Å². The second-order valence-corrected chi connectivity index (χ2v) is 5.48. The number of benzene rings is 1. The summed E-state index contributed by atoms with van der Waals surface area (Å²) in [4.78, 5) is 12.1. The third-order valence-electron chi connectivity index (χ3n) is 2.39. The van der Waals surface area contributed by atoms with Gasteiger partial charge < -0.3 is 4.74 Å². The topological polar surface area (TPSA) is 26.3 Å². The molecule has 0 aliphatic heterocycles. The van der Waals surface area contributed by atoms with Crippen molar-refractivity contribution in [3.8, 4) is 0 Å². The maximum Gasteiger partial charge on any atom is 0.309 e. The number of halogens is 1. The van der Waals surface area contributed by atoms with Gasteiger partial charge in [-0.3, -0.25) is 4.79 Å². The van der Waals surface area contributed by atoms with Crippen LogP contribution in [0.25, 0.3) is 0 Å². The van der Waals surface area contributed by atoms with Crippen LogP contribution in [0.2, 0.25) is 5.02 Å². The van der Waals surface area contributed by atoms with Gasteiger partial charge in [0.15, 0.2) is 0 Å². The van der Waals surface area contributed by atoms with Crippen molar-refractivity contribution in [3.63, 3.8) is 0 Å². The Morgan fingerprint density at radius 2 is 2.22 bits per heavy atom. The normalized spacial score (nSPS) is 11.4. The predicted octanol–water partition coefficient (Wildman–Crippen LogP) is 4.25. The van der Waals surface area contributed by atoms with Crippen LogP contribution in [0.5, 0.6) is 0 Å². The molecule has 0 radical (unpaired) electrons. The standard InChI is InChI=1S/C14H17ClO2S/c1-10-4-6-13(12(15)8-10)18-9-11(2)5-7-14(16)17-3/h4-6,8H,7,9H2,1-3H3/b11-5+. The number of carbonyl (C=O) groups is 1. The van der Waals surface area contributed by atoms with E-state index in [4.69, 9.17) is 11.6 Å². The minimum atomic E-state index is -0.215. The molecule has 0 heterocycles. The number of methoxy groups -OCH3 is 1. The molecule has 18 heavy (non-hydrogen) atoms. The SMILES string of the molecule is COC(=O)C/C=C(\C)CSc1ccc(C)cc1Cl. The lowest BCUT2D eigenvalue weighted by molar-refractivity contribution is -0.139. The molecule has 1 aromatic carbocycles. The second-order valence-electron chi connectivity index (χ2n) is 4.05. The van der Waals surface area contributed by atoms with E-state index in [2.05, 4.69) is 4.74 Å². The molecule has 4 heteroatoms. The van der Waals surface area contributed by atoms with Crippen molar-refractivity contribution in [1.29, 1.82) is 0 Å². The highest BCUT2D eigenvalue weighted by atomic mass is 35.5. The fourth-order valence-corrected chi connectivity index (χ4v) is 2.58. The first-order chi connectivity index (χ1) is 8.52. The highest BCUT2D eigenvalue weighted by molar-refractivity contribution is 7.99. The molecule has 0 unspecified atom stereocenters. The third-order valence-corrected chi connectivity index (χ3v) is 4.08. The summed E-state index contributed by atoms with van der Waals surface area (Å²) in [6.07, 6.45) is 2.21. The van der Waals surface area contributed by atoms with Crippen LogP contribution in [0.15, 0.2) is 34.7 Å². The quantitative estimate of drug-likeness (QED) is 0.459. The maximum absolute atomic E-state index is 11.0. The molecule has 0 aliphatic rings. The number of carbonyl (C=O) groups excluding carboxylic acids is 1. The summed E-state index contributed by atoms with van der Waals surface area (Å²) in [5.74, 6) is 0.604. The minimum absolute atomic E-state index is 0.215. The van der Waals surface area contributed by atoms with Crippen molar-refractivity contribution < 1.29 is 9.53 Å². The zero-order valence-electron chi connectivity index (χ0n) is 10.8. The zero-order chi connectivity index (χ0) is 13.5. The van der Waals surface area contributed by atoms with Crippen LogP contribution in [-0.2, 0) is 9.53 Å². The molecule has 1 aromatic rings. The average molecular weight is 285 g/mol. The van der Waals surface area contributed by atoms with E-state index in [1.807, 2.05) is 38.1 Å². The van der Waals surface area contributed by atoms with Gasteiger partial charge in [-0.15, -0.1) is 11.8 Å². The first-order valence-electron chi connectivity index (χ1n) is 5.64. The molecule has 0 fully saturated rings. The summed E-state index contributed by atoms with van der Waals surface area (Å²) < 4.78 is 4.58. The molecule has 0 amide bonds. The number of rotatable bonds is 5. The zero-order valence-corrected chi connectivity index (χ0v) is 12.4. The summed E-state index contributed by atoms with van der Waals surface area (Å²) in [6, 6.07) is 6.02. The van der Waals surface area contributed by atoms with Gasteiger partial charge >= 0.3 is 5.97 Å². The van der Waals surface area contributed by atoms with Gasteiger partial charge in [0.2, 0.25) is 0 Å². The Morgan fingerprint density at radius 1 is 1.50 bits per heavy atom. The molecule has 0 aromatic heterocycles. The van der Waals surface area contributed by atoms with Crippen LogP contribution in [-0.4, -0.2) is 18.8 Å². The Kier molecular flexibility index (Phi) is 6.30. The second kappa shape index (κ2) is 7.49. The minimum Gasteiger partial charge on any atom is -0.469 e. The van der Waals surface area contributed by atoms with Crippen LogP contribution in [0.3, 0.4) is 0 Å². The van der Waals surface area contributed by atoms with E-state index in [0.29, 0.717) is 6.42 Å². The molecule has 0 saturated carbocycles. The van der Waals surface area contributed by atoms with E-state index in [-0.39, 0.29) is 5.97 Å². The number of hydrogen-bond acceptors (Lipinski definition) is 3. The number of thioether (sulfide) groups is 1. The summed E-state index contributed by atoms with van der Waals surface area (Å²) in [7, 11) is 1.40. The van der Waals surface area contributed by atoms with Crippen molar-refractivity contribution in [2.24, 2.45) is 0 Å². The fourth-order valence-electron chi connectivity index (χ4n) is 1.31. The fraction of sp³-hybridized carbons (Fsp3) is 0.357. The van der Waals surface area contributed by atoms with Gasteiger partial charge in [0.05, 0.1) is 18.6 Å².